The predicted octanol–water partition coefficient (Wildman–Crippen LogP) is 2.22. The fraction of sp³-hybridized carbons (Fsp3) is 0.692. The van der Waals surface area contributed by atoms with Gasteiger partial charge in [0, 0.05) is 36.7 Å². The number of rotatable bonds is 6. The molecule has 1 atom stereocenters. The van der Waals surface area contributed by atoms with Gasteiger partial charge in [-0.15, -0.1) is 11.3 Å². The van der Waals surface area contributed by atoms with E-state index in [2.05, 4.69) is 47.6 Å². The van der Waals surface area contributed by atoms with Gasteiger partial charge in [0.25, 0.3) is 0 Å². The van der Waals surface area contributed by atoms with Crippen molar-refractivity contribution in [3.05, 3.63) is 15.6 Å². The largest absolute Gasteiger partial charge is 0.356 e. The van der Waals surface area contributed by atoms with Crippen molar-refractivity contribution in [1.29, 1.82) is 0 Å². The summed E-state index contributed by atoms with van der Waals surface area (Å²) in [5.41, 5.74) is 1.15. The maximum absolute atomic E-state index is 4.54. The standard InChI is InChI=1S/C13H24N4S2/c1-9(18-5)8-16-13(14-4)15-7-6-12-17-10(2)11(3)19-12/h9H,6-8H2,1-5H3,(H2,14,15,16). The average molecular weight is 300 g/mol. The van der Waals surface area contributed by atoms with E-state index in [-0.39, 0.29) is 0 Å². The lowest BCUT2D eigenvalue weighted by molar-refractivity contribution is 0.779. The number of aromatic nitrogens is 1. The molecule has 0 aliphatic rings. The molecule has 1 rings (SSSR count). The Morgan fingerprint density at radius 1 is 1.42 bits per heavy atom. The van der Waals surface area contributed by atoms with Crippen LogP contribution in [0.1, 0.15) is 22.5 Å². The minimum atomic E-state index is 0.586. The molecule has 6 heteroatoms. The second kappa shape index (κ2) is 8.43. The van der Waals surface area contributed by atoms with Crippen LogP contribution in [0.25, 0.3) is 0 Å². The number of nitrogens with one attached hydrogen (secondary N) is 2. The summed E-state index contributed by atoms with van der Waals surface area (Å²) < 4.78 is 0. The Bertz CT molecular complexity index is 395. The van der Waals surface area contributed by atoms with Crippen LogP contribution in [0.5, 0.6) is 0 Å². The SMILES string of the molecule is CN=C(NCCc1nc(C)c(C)s1)NCC(C)SC. The molecule has 108 valence electrons. The quantitative estimate of drug-likeness (QED) is 0.625. The molecular weight excluding hydrogens is 276 g/mol. The topological polar surface area (TPSA) is 49.3 Å². The molecule has 0 saturated carbocycles. The van der Waals surface area contributed by atoms with Crippen molar-refractivity contribution in [2.24, 2.45) is 4.99 Å². The van der Waals surface area contributed by atoms with E-state index in [1.807, 2.05) is 11.8 Å². The van der Waals surface area contributed by atoms with Gasteiger partial charge in [0.1, 0.15) is 0 Å². The number of hydrogen-bond acceptors (Lipinski definition) is 4. The molecule has 2 N–H and O–H groups in total. The Kier molecular flexibility index (Phi) is 7.23. The highest BCUT2D eigenvalue weighted by atomic mass is 32.2. The van der Waals surface area contributed by atoms with Crippen LogP contribution >= 0.6 is 23.1 Å². The van der Waals surface area contributed by atoms with Crippen LogP contribution in [-0.2, 0) is 6.42 Å². The maximum atomic E-state index is 4.54. The lowest BCUT2D eigenvalue weighted by Gasteiger charge is -2.14. The van der Waals surface area contributed by atoms with Crippen molar-refractivity contribution in [3.63, 3.8) is 0 Å². The van der Waals surface area contributed by atoms with Crippen LogP contribution in [0.2, 0.25) is 0 Å². The molecule has 1 unspecified atom stereocenters. The van der Waals surface area contributed by atoms with E-state index in [4.69, 9.17) is 0 Å². The van der Waals surface area contributed by atoms with Crippen molar-refractivity contribution in [1.82, 2.24) is 15.6 Å². The van der Waals surface area contributed by atoms with Gasteiger partial charge in [-0.3, -0.25) is 4.99 Å². The van der Waals surface area contributed by atoms with Crippen molar-refractivity contribution in [2.45, 2.75) is 32.4 Å². The Morgan fingerprint density at radius 2 is 2.16 bits per heavy atom. The summed E-state index contributed by atoms with van der Waals surface area (Å²) >= 11 is 3.63. The van der Waals surface area contributed by atoms with Crippen LogP contribution in [0.15, 0.2) is 4.99 Å². The van der Waals surface area contributed by atoms with Gasteiger partial charge in [0.15, 0.2) is 5.96 Å². The maximum Gasteiger partial charge on any atom is 0.191 e. The first-order chi connectivity index (χ1) is 9.06. The third kappa shape index (κ3) is 5.82. The highest BCUT2D eigenvalue weighted by Gasteiger charge is 2.05. The zero-order chi connectivity index (χ0) is 14.3. The van der Waals surface area contributed by atoms with Crippen LogP contribution in [0, 0.1) is 13.8 Å². The fourth-order valence-corrected chi connectivity index (χ4v) is 2.66. The highest BCUT2D eigenvalue weighted by molar-refractivity contribution is 7.99. The van der Waals surface area contributed by atoms with E-state index >= 15 is 0 Å². The molecule has 1 aromatic rings. The van der Waals surface area contributed by atoms with Gasteiger partial charge in [-0.2, -0.15) is 11.8 Å². The predicted molar refractivity (Wildman–Crippen MR) is 87.6 cm³/mol. The number of aliphatic imine (C=N–C) groups is 1. The molecule has 19 heavy (non-hydrogen) atoms. The average Bonchev–Trinajstić information content (AvgIpc) is 2.72. The van der Waals surface area contributed by atoms with Crippen molar-refractivity contribution < 1.29 is 0 Å². The summed E-state index contributed by atoms with van der Waals surface area (Å²) in [5, 5.41) is 8.42. The van der Waals surface area contributed by atoms with Gasteiger partial charge in [-0.25, -0.2) is 4.98 Å². The molecule has 0 bridgehead atoms. The number of thiazole rings is 1. The molecule has 0 amide bonds. The summed E-state index contributed by atoms with van der Waals surface area (Å²) in [7, 11) is 1.80. The van der Waals surface area contributed by atoms with E-state index in [9.17, 15) is 0 Å². The molecule has 4 nitrogen and oxygen atoms in total. The minimum Gasteiger partial charge on any atom is -0.356 e. The smallest absolute Gasteiger partial charge is 0.191 e. The molecular formula is C13H24N4S2. The number of thioether (sulfide) groups is 1. The summed E-state index contributed by atoms with van der Waals surface area (Å²) in [5.74, 6) is 0.867. The first-order valence-corrected chi connectivity index (χ1v) is 8.57. The second-order valence-corrected chi connectivity index (χ2v) is 6.99. The molecule has 0 fully saturated rings. The van der Waals surface area contributed by atoms with E-state index in [1.54, 1.807) is 18.4 Å². The van der Waals surface area contributed by atoms with Crippen molar-refractivity contribution >= 4 is 29.1 Å². The minimum absolute atomic E-state index is 0.586. The monoisotopic (exact) mass is 300 g/mol. The third-order valence-electron chi connectivity index (χ3n) is 2.89. The van der Waals surface area contributed by atoms with Gasteiger partial charge in [0.2, 0.25) is 0 Å². The summed E-state index contributed by atoms with van der Waals surface area (Å²) in [4.78, 5) is 10.1. The summed E-state index contributed by atoms with van der Waals surface area (Å²) in [6.07, 6.45) is 3.06. The Morgan fingerprint density at radius 3 is 2.68 bits per heavy atom. The van der Waals surface area contributed by atoms with Gasteiger partial charge in [0.05, 0.1) is 10.7 Å². The number of hydrogen-bond donors (Lipinski definition) is 2. The first-order valence-electron chi connectivity index (χ1n) is 6.47. The number of guanidine groups is 1. The number of aryl methyl sites for hydroxylation is 2. The lowest BCUT2D eigenvalue weighted by Crippen LogP contribution is -2.40. The Labute approximate surface area is 124 Å². The van der Waals surface area contributed by atoms with Gasteiger partial charge in [-0.05, 0) is 20.1 Å². The van der Waals surface area contributed by atoms with Crippen LogP contribution in [0.3, 0.4) is 0 Å². The van der Waals surface area contributed by atoms with Gasteiger partial charge < -0.3 is 10.6 Å². The summed E-state index contributed by atoms with van der Waals surface area (Å²) in [6, 6.07) is 0. The lowest BCUT2D eigenvalue weighted by atomic mass is 10.4. The Balaban J connectivity index is 2.30. The van der Waals surface area contributed by atoms with Crippen LogP contribution in [-0.4, -0.2) is 42.6 Å². The molecule has 0 radical (unpaired) electrons. The molecule has 0 aliphatic heterocycles. The molecule has 1 heterocycles. The first kappa shape index (κ1) is 16.3. The van der Waals surface area contributed by atoms with Crippen LogP contribution in [0.4, 0.5) is 0 Å². The molecule has 0 saturated heterocycles. The van der Waals surface area contributed by atoms with E-state index < -0.39 is 0 Å². The van der Waals surface area contributed by atoms with Gasteiger partial charge in [-0.1, -0.05) is 6.92 Å². The third-order valence-corrected chi connectivity index (χ3v) is 4.99. The molecule has 0 aliphatic carbocycles. The normalized spacial score (nSPS) is 13.4. The summed E-state index contributed by atoms with van der Waals surface area (Å²) in [6.45, 7) is 8.17. The zero-order valence-electron chi connectivity index (χ0n) is 12.4. The van der Waals surface area contributed by atoms with Gasteiger partial charge >= 0.3 is 0 Å². The van der Waals surface area contributed by atoms with E-state index in [0.717, 1.165) is 31.2 Å². The van der Waals surface area contributed by atoms with E-state index in [1.165, 1.54) is 9.88 Å². The van der Waals surface area contributed by atoms with Crippen molar-refractivity contribution in [2.75, 3.05) is 26.4 Å². The zero-order valence-corrected chi connectivity index (χ0v) is 14.0. The molecule has 1 aromatic heterocycles. The van der Waals surface area contributed by atoms with E-state index in [0.29, 0.717) is 5.25 Å². The molecule has 0 aromatic carbocycles. The van der Waals surface area contributed by atoms with Crippen LogP contribution < -0.4 is 10.6 Å². The molecule has 0 spiro atoms. The van der Waals surface area contributed by atoms with Crippen molar-refractivity contribution in [3.8, 4) is 0 Å². The fourth-order valence-electron chi connectivity index (χ4n) is 1.48. The second-order valence-electron chi connectivity index (χ2n) is 4.43. The highest BCUT2D eigenvalue weighted by Crippen LogP contribution is 2.16. The number of nitrogens with zero attached hydrogens (tertiary/aromatic N) is 2. The Hall–Kier alpha value is -0.750.